The van der Waals surface area contributed by atoms with E-state index < -0.39 is 0 Å². The summed E-state index contributed by atoms with van der Waals surface area (Å²) in [6, 6.07) is 1.86. The number of likely N-dealkylation sites (N-methyl/N-ethyl adjacent to an activating group) is 1. The number of rotatable bonds is 4. The maximum Gasteiger partial charge on any atom is 0.130 e. The average Bonchev–Trinajstić information content (AvgIpc) is 2.03. The number of anilines is 1. The third kappa shape index (κ3) is 4.19. The lowest BCUT2D eigenvalue weighted by molar-refractivity contribution is 0.425. The van der Waals surface area contributed by atoms with E-state index in [9.17, 15) is 0 Å². The molecule has 0 saturated carbocycles. The van der Waals surface area contributed by atoms with Crippen LogP contribution in [0.5, 0.6) is 0 Å². The summed E-state index contributed by atoms with van der Waals surface area (Å²) in [5.74, 6) is 0.851. The Morgan fingerprint density at radius 1 is 1.46 bits per heavy atom. The molecule has 1 rings (SSSR count). The van der Waals surface area contributed by atoms with Gasteiger partial charge in [-0.3, -0.25) is 0 Å². The van der Waals surface area contributed by atoms with Gasteiger partial charge in [0.25, 0.3) is 0 Å². The summed E-state index contributed by atoms with van der Waals surface area (Å²) in [4.78, 5) is 10.1. The quantitative estimate of drug-likeness (QED) is 0.809. The Morgan fingerprint density at radius 2 is 2.23 bits per heavy atom. The molecule has 1 heterocycles. The highest BCUT2D eigenvalue weighted by molar-refractivity contribution is 9.10. The number of aromatic nitrogens is 2. The van der Waals surface area contributed by atoms with E-state index in [2.05, 4.69) is 36.1 Å². The zero-order valence-electron chi connectivity index (χ0n) is 7.79. The number of nitrogens with one attached hydrogen (secondary N) is 1. The molecule has 13 heavy (non-hydrogen) atoms. The molecule has 5 heteroatoms. The zero-order valence-corrected chi connectivity index (χ0v) is 9.37. The van der Waals surface area contributed by atoms with E-state index in [1.807, 2.05) is 20.2 Å². The third-order valence-electron chi connectivity index (χ3n) is 1.50. The van der Waals surface area contributed by atoms with E-state index in [1.54, 1.807) is 0 Å². The first kappa shape index (κ1) is 10.4. The van der Waals surface area contributed by atoms with Gasteiger partial charge in [-0.1, -0.05) is 0 Å². The number of hydrogen-bond donors (Lipinski definition) is 1. The standard InChI is InChI=1S/C8H13BrN4/c1-13(2)4-3-10-8-5-7(9)11-6-12-8/h5-6H,3-4H2,1-2H3,(H,10,11,12). The molecule has 0 aromatic carbocycles. The Bertz CT molecular complexity index is 264. The summed E-state index contributed by atoms with van der Waals surface area (Å²) in [6.07, 6.45) is 1.53. The third-order valence-corrected chi connectivity index (χ3v) is 1.93. The largest absolute Gasteiger partial charge is 0.369 e. The van der Waals surface area contributed by atoms with Gasteiger partial charge in [-0.05, 0) is 30.0 Å². The van der Waals surface area contributed by atoms with Gasteiger partial charge < -0.3 is 10.2 Å². The fourth-order valence-electron chi connectivity index (χ4n) is 0.838. The van der Waals surface area contributed by atoms with E-state index in [0.717, 1.165) is 23.5 Å². The van der Waals surface area contributed by atoms with E-state index >= 15 is 0 Å². The first-order chi connectivity index (χ1) is 6.18. The maximum atomic E-state index is 4.07. The van der Waals surface area contributed by atoms with E-state index in [0.29, 0.717) is 0 Å². The number of nitrogens with zero attached hydrogens (tertiary/aromatic N) is 3. The van der Waals surface area contributed by atoms with Crippen molar-refractivity contribution in [3.8, 4) is 0 Å². The molecule has 0 amide bonds. The minimum atomic E-state index is 0.801. The molecule has 0 unspecified atom stereocenters. The molecule has 0 radical (unpaired) electrons. The van der Waals surface area contributed by atoms with Crippen molar-refractivity contribution in [1.82, 2.24) is 14.9 Å². The Kier molecular flexibility index (Phi) is 4.11. The van der Waals surface area contributed by atoms with Crippen molar-refractivity contribution in [3.05, 3.63) is 17.0 Å². The molecule has 0 aliphatic rings. The lowest BCUT2D eigenvalue weighted by Gasteiger charge is -2.10. The normalized spacial score (nSPS) is 10.5. The maximum absolute atomic E-state index is 4.07. The molecular formula is C8H13BrN4. The number of hydrogen-bond acceptors (Lipinski definition) is 4. The Labute approximate surface area is 86.5 Å². The van der Waals surface area contributed by atoms with Crippen LogP contribution in [0.4, 0.5) is 5.82 Å². The van der Waals surface area contributed by atoms with Crippen molar-refractivity contribution in [3.63, 3.8) is 0 Å². The molecular weight excluding hydrogens is 232 g/mol. The molecule has 0 saturated heterocycles. The van der Waals surface area contributed by atoms with E-state index in [-0.39, 0.29) is 0 Å². The van der Waals surface area contributed by atoms with Crippen molar-refractivity contribution in [2.75, 3.05) is 32.5 Å². The fraction of sp³-hybridized carbons (Fsp3) is 0.500. The molecule has 4 nitrogen and oxygen atoms in total. The van der Waals surface area contributed by atoms with Gasteiger partial charge in [0, 0.05) is 19.2 Å². The highest BCUT2D eigenvalue weighted by atomic mass is 79.9. The first-order valence-electron chi connectivity index (χ1n) is 4.04. The van der Waals surface area contributed by atoms with Gasteiger partial charge in [0.2, 0.25) is 0 Å². The van der Waals surface area contributed by atoms with Crippen molar-refractivity contribution in [1.29, 1.82) is 0 Å². The summed E-state index contributed by atoms with van der Waals surface area (Å²) in [7, 11) is 4.08. The average molecular weight is 245 g/mol. The molecule has 72 valence electrons. The van der Waals surface area contributed by atoms with Crippen LogP contribution in [-0.4, -0.2) is 42.1 Å². The van der Waals surface area contributed by atoms with Crippen LogP contribution in [0.25, 0.3) is 0 Å². The Hall–Kier alpha value is -0.680. The topological polar surface area (TPSA) is 41.0 Å². The predicted octanol–water partition coefficient (Wildman–Crippen LogP) is 1.21. The lowest BCUT2D eigenvalue weighted by atomic mass is 10.5. The molecule has 1 aromatic heterocycles. The van der Waals surface area contributed by atoms with E-state index in [4.69, 9.17) is 0 Å². The van der Waals surface area contributed by atoms with Gasteiger partial charge in [0.05, 0.1) is 0 Å². The molecule has 0 aliphatic carbocycles. The van der Waals surface area contributed by atoms with Crippen LogP contribution in [0.3, 0.4) is 0 Å². The van der Waals surface area contributed by atoms with Crippen LogP contribution < -0.4 is 5.32 Å². The van der Waals surface area contributed by atoms with Gasteiger partial charge in [0.15, 0.2) is 0 Å². The monoisotopic (exact) mass is 244 g/mol. The number of halogens is 1. The van der Waals surface area contributed by atoms with Gasteiger partial charge in [-0.2, -0.15) is 0 Å². The summed E-state index contributed by atoms with van der Waals surface area (Å²) < 4.78 is 0.801. The van der Waals surface area contributed by atoms with Crippen molar-refractivity contribution >= 4 is 21.7 Å². The van der Waals surface area contributed by atoms with E-state index in [1.165, 1.54) is 6.33 Å². The second-order valence-electron chi connectivity index (χ2n) is 2.96. The smallest absolute Gasteiger partial charge is 0.130 e. The van der Waals surface area contributed by atoms with Gasteiger partial charge in [-0.15, -0.1) is 0 Å². The molecule has 0 aliphatic heterocycles. The lowest BCUT2D eigenvalue weighted by Crippen LogP contribution is -2.21. The second kappa shape index (κ2) is 5.14. The van der Waals surface area contributed by atoms with Crippen LogP contribution in [0.1, 0.15) is 0 Å². The predicted molar refractivity (Wildman–Crippen MR) is 56.8 cm³/mol. The first-order valence-corrected chi connectivity index (χ1v) is 4.84. The molecule has 1 N–H and O–H groups in total. The Morgan fingerprint density at radius 3 is 2.85 bits per heavy atom. The van der Waals surface area contributed by atoms with Crippen molar-refractivity contribution < 1.29 is 0 Å². The van der Waals surface area contributed by atoms with Crippen molar-refractivity contribution in [2.24, 2.45) is 0 Å². The molecule has 0 spiro atoms. The highest BCUT2D eigenvalue weighted by Gasteiger charge is 1.95. The van der Waals surface area contributed by atoms with Crippen LogP contribution in [0.2, 0.25) is 0 Å². The van der Waals surface area contributed by atoms with Crippen LogP contribution in [0.15, 0.2) is 17.0 Å². The minimum Gasteiger partial charge on any atom is -0.369 e. The van der Waals surface area contributed by atoms with Gasteiger partial charge in [-0.25, -0.2) is 9.97 Å². The second-order valence-corrected chi connectivity index (χ2v) is 3.77. The molecule has 1 aromatic rings. The molecule has 0 bridgehead atoms. The fourth-order valence-corrected chi connectivity index (χ4v) is 1.15. The van der Waals surface area contributed by atoms with Gasteiger partial charge >= 0.3 is 0 Å². The Balaban J connectivity index is 2.37. The van der Waals surface area contributed by atoms with Crippen LogP contribution >= 0.6 is 15.9 Å². The summed E-state index contributed by atoms with van der Waals surface area (Å²) in [6.45, 7) is 1.87. The SMILES string of the molecule is CN(C)CCNc1cc(Br)ncn1. The minimum absolute atomic E-state index is 0.801. The van der Waals surface area contributed by atoms with Gasteiger partial charge in [0.1, 0.15) is 16.7 Å². The zero-order chi connectivity index (χ0) is 9.68. The van der Waals surface area contributed by atoms with Crippen LogP contribution in [-0.2, 0) is 0 Å². The highest BCUT2D eigenvalue weighted by Crippen LogP contribution is 2.08. The van der Waals surface area contributed by atoms with Crippen LogP contribution in [0, 0.1) is 0 Å². The summed E-state index contributed by atoms with van der Waals surface area (Å²) in [5, 5.41) is 3.19. The molecule has 0 fully saturated rings. The summed E-state index contributed by atoms with van der Waals surface area (Å²) >= 11 is 3.28. The van der Waals surface area contributed by atoms with Crippen molar-refractivity contribution in [2.45, 2.75) is 0 Å². The molecule has 0 atom stereocenters. The summed E-state index contributed by atoms with van der Waals surface area (Å²) in [5.41, 5.74) is 0.